The summed E-state index contributed by atoms with van der Waals surface area (Å²) in [6.07, 6.45) is 9.02. The van der Waals surface area contributed by atoms with Gasteiger partial charge in [-0.3, -0.25) is 9.88 Å². The maximum atomic E-state index is 12.1. The molecule has 3 aromatic rings. The second-order valence-electron chi connectivity index (χ2n) is 8.66. The number of carboxylic acid groups (broad SMARTS) is 1. The number of hydrogen-bond donors (Lipinski definition) is 1. The molecule has 164 valence electrons. The molecule has 0 radical (unpaired) electrons. The first-order chi connectivity index (χ1) is 15.6. The van der Waals surface area contributed by atoms with Gasteiger partial charge < -0.3 is 10.0 Å². The van der Waals surface area contributed by atoms with E-state index in [1.165, 1.54) is 5.56 Å². The fourth-order valence-corrected chi connectivity index (χ4v) is 4.86. The van der Waals surface area contributed by atoms with Gasteiger partial charge in [0.05, 0.1) is 18.1 Å². The molecule has 1 aliphatic rings. The van der Waals surface area contributed by atoms with E-state index in [1.54, 1.807) is 11.1 Å². The van der Waals surface area contributed by atoms with Gasteiger partial charge in [-0.25, -0.2) is 4.79 Å². The zero-order chi connectivity index (χ0) is 22.5. The van der Waals surface area contributed by atoms with Crippen LogP contribution < -0.4 is 0 Å². The second-order valence-corrected chi connectivity index (χ2v) is 8.66. The number of pyridine rings is 1. The molecule has 1 aromatic heterocycles. The Bertz CT molecular complexity index is 1120. The van der Waals surface area contributed by atoms with Gasteiger partial charge in [-0.15, -0.1) is 6.42 Å². The molecule has 1 saturated heterocycles. The number of amides is 1. The van der Waals surface area contributed by atoms with Crippen molar-refractivity contribution in [3.63, 3.8) is 0 Å². The number of likely N-dealkylation sites (tertiary alicyclic amines) is 1. The van der Waals surface area contributed by atoms with E-state index >= 15 is 0 Å². The number of hydrogen-bond acceptors (Lipinski definition) is 3. The van der Waals surface area contributed by atoms with Gasteiger partial charge >= 0.3 is 6.09 Å². The number of terminal acetylenes is 1. The minimum absolute atomic E-state index is 0.204. The lowest BCUT2D eigenvalue weighted by atomic mass is 9.82. The van der Waals surface area contributed by atoms with Gasteiger partial charge in [-0.05, 0) is 49.4 Å². The molecule has 1 amide bonds. The lowest BCUT2D eigenvalue weighted by Crippen LogP contribution is -2.40. The van der Waals surface area contributed by atoms with E-state index in [-0.39, 0.29) is 6.04 Å². The molecular formula is C27H29N3O2. The van der Waals surface area contributed by atoms with Crippen molar-refractivity contribution >= 4 is 17.0 Å². The van der Waals surface area contributed by atoms with Crippen LogP contribution in [0.2, 0.25) is 0 Å². The quantitative estimate of drug-likeness (QED) is 0.564. The number of aromatic nitrogens is 1. The summed E-state index contributed by atoms with van der Waals surface area (Å²) in [5.74, 6) is 3.11. The van der Waals surface area contributed by atoms with Gasteiger partial charge in [0.1, 0.15) is 0 Å². The molecule has 4 rings (SSSR count). The van der Waals surface area contributed by atoms with Crippen LogP contribution in [-0.4, -0.2) is 46.1 Å². The van der Waals surface area contributed by atoms with Crippen LogP contribution in [0.3, 0.4) is 0 Å². The average Bonchev–Trinajstić information content (AvgIpc) is 2.80. The van der Waals surface area contributed by atoms with Crippen LogP contribution in [-0.2, 0) is 13.0 Å². The SMILES string of the molecule is C#CCN(C)Cc1ccc(C2CC(Cc3ccccc3)CCN2C(=O)O)c2ncccc12. The third kappa shape index (κ3) is 4.76. The van der Waals surface area contributed by atoms with Gasteiger partial charge in [0.2, 0.25) is 0 Å². The summed E-state index contributed by atoms with van der Waals surface area (Å²) in [6, 6.07) is 18.4. The highest BCUT2D eigenvalue weighted by molar-refractivity contribution is 5.86. The number of rotatable bonds is 6. The molecule has 0 bridgehead atoms. The predicted octanol–water partition coefficient (Wildman–Crippen LogP) is 4.97. The first-order valence-electron chi connectivity index (χ1n) is 11.1. The Morgan fingerprint density at radius 3 is 2.78 bits per heavy atom. The number of benzene rings is 2. The second kappa shape index (κ2) is 9.84. The summed E-state index contributed by atoms with van der Waals surface area (Å²) in [5.41, 5.74) is 4.32. The maximum Gasteiger partial charge on any atom is 0.407 e. The summed E-state index contributed by atoms with van der Waals surface area (Å²) >= 11 is 0. The number of nitrogens with zero attached hydrogens (tertiary/aromatic N) is 3. The minimum Gasteiger partial charge on any atom is -0.465 e. The zero-order valence-corrected chi connectivity index (χ0v) is 18.4. The van der Waals surface area contributed by atoms with Gasteiger partial charge in [0.15, 0.2) is 0 Å². The van der Waals surface area contributed by atoms with E-state index in [2.05, 4.69) is 53.3 Å². The molecule has 2 heterocycles. The summed E-state index contributed by atoms with van der Waals surface area (Å²) < 4.78 is 0. The van der Waals surface area contributed by atoms with Crippen molar-refractivity contribution < 1.29 is 9.90 Å². The standard InChI is InChI=1S/C27H29N3O2/c1-3-15-29(2)19-22-11-12-24(26-23(22)10-7-14-28-26)25-18-21(13-16-30(25)27(31)32)17-20-8-5-4-6-9-20/h1,4-12,14,21,25H,13,15-19H2,2H3,(H,31,32). The van der Waals surface area contributed by atoms with Crippen molar-refractivity contribution in [1.29, 1.82) is 0 Å². The van der Waals surface area contributed by atoms with E-state index in [1.807, 2.05) is 19.2 Å². The minimum atomic E-state index is -0.866. The topological polar surface area (TPSA) is 56.7 Å². The molecule has 2 unspecified atom stereocenters. The van der Waals surface area contributed by atoms with Crippen LogP contribution in [0.15, 0.2) is 60.8 Å². The maximum absolute atomic E-state index is 12.1. The van der Waals surface area contributed by atoms with Crippen LogP contribution in [0.1, 0.15) is 35.6 Å². The highest BCUT2D eigenvalue weighted by Crippen LogP contribution is 2.39. The predicted molar refractivity (Wildman–Crippen MR) is 127 cm³/mol. The fraction of sp³-hybridized carbons (Fsp3) is 0.333. The van der Waals surface area contributed by atoms with E-state index in [0.717, 1.165) is 47.8 Å². The first kappa shape index (κ1) is 21.9. The van der Waals surface area contributed by atoms with E-state index in [9.17, 15) is 9.90 Å². The number of piperidine rings is 1. The van der Waals surface area contributed by atoms with Crippen molar-refractivity contribution in [1.82, 2.24) is 14.8 Å². The van der Waals surface area contributed by atoms with Crippen molar-refractivity contribution in [2.75, 3.05) is 20.1 Å². The van der Waals surface area contributed by atoms with Crippen molar-refractivity contribution in [2.45, 2.75) is 31.8 Å². The monoisotopic (exact) mass is 427 g/mol. The third-order valence-electron chi connectivity index (χ3n) is 6.38. The first-order valence-corrected chi connectivity index (χ1v) is 11.1. The fourth-order valence-electron chi connectivity index (χ4n) is 4.86. The normalized spacial score (nSPS) is 18.6. The van der Waals surface area contributed by atoms with Crippen molar-refractivity contribution in [3.8, 4) is 12.3 Å². The lowest BCUT2D eigenvalue weighted by Gasteiger charge is -2.38. The lowest BCUT2D eigenvalue weighted by molar-refractivity contribution is 0.0899. The van der Waals surface area contributed by atoms with E-state index < -0.39 is 6.09 Å². The Morgan fingerprint density at radius 1 is 1.22 bits per heavy atom. The average molecular weight is 428 g/mol. The largest absolute Gasteiger partial charge is 0.465 e. The van der Waals surface area contributed by atoms with Crippen molar-refractivity contribution in [3.05, 3.63) is 77.5 Å². The van der Waals surface area contributed by atoms with Crippen LogP contribution in [0, 0.1) is 18.3 Å². The molecule has 0 saturated carbocycles. The van der Waals surface area contributed by atoms with Gasteiger partial charge in [0, 0.05) is 30.2 Å². The Balaban J connectivity index is 1.68. The molecule has 1 N–H and O–H groups in total. The summed E-state index contributed by atoms with van der Waals surface area (Å²) in [4.78, 5) is 20.5. The highest BCUT2D eigenvalue weighted by Gasteiger charge is 2.34. The van der Waals surface area contributed by atoms with E-state index in [4.69, 9.17) is 11.4 Å². The Hall–Kier alpha value is -3.36. The summed E-state index contributed by atoms with van der Waals surface area (Å²) in [7, 11) is 2.00. The summed E-state index contributed by atoms with van der Waals surface area (Å²) in [5, 5.41) is 11.0. The molecule has 32 heavy (non-hydrogen) atoms. The molecule has 0 spiro atoms. The van der Waals surface area contributed by atoms with Gasteiger partial charge in [-0.2, -0.15) is 0 Å². The van der Waals surface area contributed by atoms with E-state index in [0.29, 0.717) is 19.0 Å². The Morgan fingerprint density at radius 2 is 2.03 bits per heavy atom. The van der Waals surface area contributed by atoms with Crippen LogP contribution in [0.4, 0.5) is 4.79 Å². The molecule has 2 atom stereocenters. The Labute approximate surface area is 189 Å². The van der Waals surface area contributed by atoms with Crippen LogP contribution in [0.5, 0.6) is 0 Å². The highest BCUT2D eigenvalue weighted by atomic mass is 16.4. The molecular weight excluding hydrogens is 398 g/mol. The smallest absolute Gasteiger partial charge is 0.407 e. The zero-order valence-electron chi connectivity index (χ0n) is 18.4. The van der Waals surface area contributed by atoms with Gasteiger partial charge in [0.25, 0.3) is 0 Å². The number of carbonyl (C=O) groups is 1. The van der Waals surface area contributed by atoms with Crippen LogP contribution >= 0.6 is 0 Å². The molecule has 1 fully saturated rings. The van der Waals surface area contributed by atoms with Crippen molar-refractivity contribution in [2.24, 2.45) is 5.92 Å². The molecule has 1 aliphatic heterocycles. The molecule has 5 heteroatoms. The molecule has 5 nitrogen and oxygen atoms in total. The molecule has 2 aromatic carbocycles. The third-order valence-corrected chi connectivity index (χ3v) is 6.38. The Kier molecular flexibility index (Phi) is 6.72. The van der Waals surface area contributed by atoms with Gasteiger partial charge in [-0.1, -0.05) is 54.5 Å². The van der Waals surface area contributed by atoms with Crippen LogP contribution in [0.25, 0.3) is 10.9 Å². The molecule has 0 aliphatic carbocycles. The number of fused-ring (bicyclic) bond motifs is 1. The summed E-state index contributed by atoms with van der Waals surface area (Å²) in [6.45, 7) is 1.83.